The lowest BCUT2D eigenvalue weighted by atomic mass is 10.0. The summed E-state index contributed by atoms with van der Waals surface area (Å²) in [6.07, 6.45) is 1.16. The molecule has 0 aliphatic rings. The molecule has 1 N–H and O–H groups in total. The van der Waals surface area contributed by atoms with Crippen LogP contribution < -0.4 is 0 Å². The fraction of sp³-hybridized carbons (Fsp3) is 0.417. The van der Waals surface area contributed by atoms with Gasteiger partial charge in [-0.1, -0.05) is 6.07 Å². The van der Waals surface area contributed by atoms with Crippen LogP contribution in [0.2, 0.25) is 0 Å². The molecule has 1 rings (SSSR count). The van der Waals surface area contributed by atoms with Gasteiger partial charge in [-0.25, -0.2) is 4.79 Å². The van der Waals surface area contributed by atoms with Gasteiger partial charge in [-0.15, -0.1) is 0 Å². The van der Waals surface area contributed by atoms with E-state index in [2.05, 4.69) is 0 Å². The number of carboxylic acid groups (broad SMARTS) is 1. The average molecular weight is 253 g/mol. The van der Waals surface area contributed by atoms with Crippen molar-refractivity contribution in [1.82, 2.24) is 0 Å². The van der Waals surface area contributed by atoms with Crippen LogP contribution in [0.1, 0.15) is 29.3 Å². The van der Waals surface area contributed by atoms with Crippen LogP contribution >= 0.6 is 0 Å². The lowest BCUT2D eigenvalue weighted by molar-refractivity contribution is -0.385. The number of nitrogens with zero attached hydrogens (tertiary/aromatic N) is 1. The molecule has 0 unspecified atom stereocenters. The normalized spacial score (nSPS) is 10.3. The second-order valence-corrected chi connectivity index (χ2v) is 3.71. The molecule has 0 spiro atoms. The van der Waals surface area contributed by atoms with Crippen molar-refractivity contribution in [2.45, 2.75) is 19.8 Å². The zero-order valence-electron chi connectivity index (χ0n) is 10.1. The van der Waals surface area contributed by atoms with Crippen molar-refractivity contribution in [1.29, 1.82) is 0 Å². The molecule has 0 aliphatic heterocycles. The molecule has 0 fully saturated rings. The number of rotatable bonds is 7. The molecule has 6 heteroatoms. The fourth-order valence-electron chi connectivity index (χ4n) is 1.59. The van der Waals surface area contributed by atoms with Crippen molar-refractivity contribution < 1.29 is 19.6 Å². The molecule has 0 saturated heterocycles. The number of aryl methyl sites for hydroxylation is 1. The molecular formula is C12H15NO5. The fourth-order valence-corrected chi connectivity index (χ4v) is 1.59. The molecular weight excluding hydrogens is 238 g/mol. The van der Waals surface area contributed by atoms with Gasteiger partial charge in [0.15, 0.2) is 0 Å². The van der Waals surface area contributed by atoms with E-state index in [1.807, 2.05) is 6.92 Å². The van der Waals surface area contributed by atoms with Crippen LogP contribution in [0.3, 0.4) is 0 Å². The van der Waals surface area contributed by atoms with E-state index in [1.165, 1.54) is 12.1 Å². The zero-order valence-corrected chi connectivity index (χ0v) is 10.1. The summed E-state index contributed by atoms with van der Waals surface area (Å²) in [5.41, 5.74) is 0.311. The topological polar surface area (TPSA) is 89.7 Å². The maximum atomic E-state index is 10.9. The summed E-state index contributed by atoms with van der Waals surface area (Å²) in [6, 6.07) is 3.97. The minimum Gasteiger partial charge on any atom is -0.478 e. The molecule has 0 aliphatic carbocycles. The summed E-state index contributed by atoms with van der Waals surface area (Å²) in [4.78, 5) is 21.1. The van der Waals surface area contributed by atoms with Crippen molar-refractivity contribution in [2.75, 3.05) is 13.2 Å². The van der Waals surface area contributed by atoms with E-state index in [4.69, 9.17) is 9.84 Å². The van der Waals surface area contributed by atoms with Crippen molar-refractivity contribution in [3.05, 3.63) is 39.4 Å². The van der Waals surface area contributed by atoms with Crippen LogP contribution in [0.4, 0.5) is 5.69 Å². The number of carbonyl (C=O) groups is 1. The lowest BCUT2D eigenvalue weighted by Crippen LogP contribution is -2.03. The summed E-state index contributed by atoms with van der Waals surface area (Å²) in [6.45, 7) is 3.03. The first-order valence-electron chi connectivity index (χ1n) is 5.64. The van der Waals surface area contributed by atoms with Crippen molar-refractivity contribution in [2.24, 2.45) is 0 Å². The van der Waals surface area contributed by atoms with Crippen LogP contribution in [0.25, 0.3) is 0 Å². The van der Waals surface area contributed by atoms with E-state index in [-0.39, 0.29) is 11.3 Å². The number of aromatic carboxylic acids is 1. The number of benzene rings is 1. The van der Waals surface area contributed by atoms with Gasteiger partial charge in [-0.3, -0.25) is 10.1 Å². The molecule has 1 aromatic carbocycles. The van der Waals surface area contributed by atoms with Crippen molar-refractivity contribution >= 4 is 11.7 Å². The Morgan fingerprint density at radius 3 is 2.78 bits per heavy atom. The third-order valence-electron chi connectivity index (χ3n) is 2.47. The smallest absolute Gasteiger partial charge is 0.335 e. The minimum absolute atomic E-state index is 0.0738. The van der Waals surface area contributed by atoms with E-state index in [1.54, 1.807) is 0 Å². The highest BCUT2D eigenvalue weighted by Crippen LogP contribution is 2.21. The molecule has 1 aromatic rings. The van der Waals surface area contributed by atoms with E-state index in [0.717, 1.165) is 6.07 Å². The summed E-state index contributed by atoms with van der Waals surface area (Å²) in [5.74, 6) is -1.17. The molecule has 0 radical (unpaired) electrons. The Labute approximate surface area is 104 Å². The van der Waals surface area contributed by atoms with Gasteiger partial charge in [0.25, 0.3) is 5.69 Å². The first-order valence-corrected chi connectivity index (χ1v) is 5.64. The maximum Gasteiger partial charge on any atom is 0.335 e. The highest BCUT2D eigenvalue weighted by Gasteiger charge is 2.16. The van der Waals surface area contributed by atoms with Gasteiger partial charge >= 0.3 is 5.97 Å². The number of hydrogen-bond donors (Lipinski definition) is 1. The van der Waals surface area contributed by atoms with Crippen molar-refractivity contribution in [3.8, 4) is 0 Å². The molecule has 98 valence electrons. The van der Waals surface area contributed by atoms with Gasteiger partial charge in [-0.2, -0.15) is 0 Å². The Morgan fingerprint density at radius 2 is 2.22 bits per heavy atom. The Bertz CT molecular complexity index is 444. The second-order valence-electron chi connectivity index (χ2n) is 3.71. The number of nitro benzene ring substituents is 1. The number of nitro groups is 1. The molecule has 0 heterocycles. The van der Waals surface area contributed by atoms with Gasteiger partial charge < -0.3 is 9.84 Å². The number of ether oxygens (including phenoxy) is 1. The predicted octanol–water partition coefficient (Wildman–Crippen LogP) is 2.26. The lowest BCUT2D eigenvalue weighted by Gasteiger charge is -2.04. The first-order chi connectivity index (χ1) is 8.56. The molecule has 0 aromatic heterocycles. The largest absolute Gasteiger partial charge is 0.478 e. The Balaban J connectivity index is 2.83. The van der Waals surface area contributed by atoms with Crippen molar-refractivity contribution in [3.63, 3.8) is 0 Å². The monoisotopic (exact) mass is 253 g/mol. The predicted molar refractivity (Wildman–Crippen MR) is 64.9 cm³/mol. The molecule has 18 heavy (non-hydrogen) atoms. The second kappa shape index (κ2) is 6.70. The van der Waals surface area contributed by atoms with E-state index in [9.17, 15) is 14.9 Å². The average Bonchev–Trinajstić information content (AvgIpc) is 2.34. The Morgan fingerprint density at radius 1 is 1.50 bits per heavy atom. The van der Waals surface area contributed by atoms with Crippen LogP contribution in [0.15, 0.2) is 18.2 Å². The van der Waals surface area contributed by atoms with Gasteiger partial charge in [0.05, 0.1) is 10.5 Å². The quantitative estimate of drug-likeness (QED) is 0.457. The minimum atomic E-state index is -1.17. The molecule has 0 bridgehead atoms. The first kappa shape index (κ1) is 14.1. The van der Waals surface area contributed by atoms with Crippen LogP contribution in [-0.4, -0.2) is 29.2 Å². The number of hydrogen-bond acceptors (Lipinski definition) is 4. The van der Waals surface area contributed by atoms with Crippen LogP contribution in [0.5, 0.6) is 0 Å². The van der Waals surface area contributed by atoms with E-state index >= 15 is 0 Å². The summed E-state index contributed by atoms with van der Waals surface area (Å²) in [5, 5.41) is 19.7. The molecule has 0 atom stereocenters. The number of carboxylic acids is 1. The molecule has 0 saturated carbocycles. The molecule has 6 nitrogen and oxygen atoms in total. The van der Waals surface area contributed by atoms with E-state index < -0.39 is 10.9 Å². The Kier molecular flexibility index (Phi) is 5.26. The summed E-state index contributed by atoms with van der Waals surface area (Å²) < 4.78 is 5.15. The third kappa shape index (κ3) is 3.81. The highest BCUT2D eigenvalue weighted by atomic mass is 16.6. The zero-order chi connectivity index (χ0) is 13.5. The van der Waals surface area contributed by atoms with E-state index in [0.29, 0.717) is 31.6 Å². The summed E-state index contributed by atoms with van der Waals surface area (Å²) in [7, 11) is 0. The molecule has 0 amide bonds. The highest BCUT2D eigenvalue weighted by molar-refractivity contribution is 5.88. The Hall–Kier alpha value is -1.95. The maximum absolute atomic E-state index is 10.9. The van der Waals surface area contributed by atoms with Crippen LogP contribution in [0, 0.1) is 10.1 Å². The summed E-state index contributed by atoms with van der Waals surface area (Å²) >= 11 is 0. The SMILES string of the molecule is CCOCCCc1ccc(C(=O)O)cc1[N+](=O)[O-]. The van der Waals surface area contributed by atoms with Gasteiger partial charge in [0.1, 0.15) is 0 Å². The standard InChI is InChI=1S/C12H15NO5/c1-2-18-7-3-4-9-5-6-10(12(14)15)8-11(9)13(16)17/h5-6,8H,2-4,7H2,1H3,(H,14,15). The van der Waals surface area contributed by atoms with Gasteiger partial charge in [0.2, 0.25) is 0 Å². The van der Waals surface area contributed by atoms with Crippen LogP contribution in [-0.2, 0) is 11.2 Å². The van der Waals surface area contributed by atoms with Gasteiger partial charge in [-0.05, 0) is 25.8 Å². The van der Waals surface area contributed by atoms with Gasteiger partial charge in [0, 0.05) is 24.8 Å². The third-order valence-corrected chi connectivity index (χ3v) is 2.47.